The fourth-order valence-corrected chi connectivity index (χ4v) is 1.88. The fraction of sp³-hybridized carbons (Fsp3) is 0.750. The second-order valence-corrected chi connectivity index (χ2v) is 5.61. The smallest absolute Gasteiger partial charge is 0.432 e. The van der Waals surface area contributed by atoms with Crippen LogP contribution in [0.3, 0.4) is 0 Å². The SMILES string of the molecule is C=C(C)C(=O)OC(CCCCCCC)OP(=O)(O)O. The largest absolute Gasteiger partial charge is 0.472 e. The summed E-state index contributed by atoms with van der Waals surface area (Å²) in [5, 5.41) is 0. The molecule has 0 fully saturated rings. The highest BCUT2D eigenvalue weighted by Gasteiger charge is 2.25. The van der Waals surface area contributed by atoms with Crippen LogP contribution in [0.2, 0.25) is 0 Å². The van der Waals surface area contributed by atoms with Crippen LogP contribution >= 0.6 is 7.82 Å². The molecule has 0 spiro atoms. The van der Waals surface area contributed by atoms with Crippen LogP contribution in [-0.2, 0) is 18.6 Å². The fourth-order valence-electron chi connectivity index (χ4n) is 1.42. The summed E-state index contributed by atoms with van der Waals surface area (Å²) in [5.74, 6) is -0.716. The highest BCUT2D eigenvalue weighted by molar-refractivity contribution is 7.46. The molecule has 0 saturated carbocycles. The Labute approximate surface area is 114 Å². The monoisotopic (exact) mass is 294 g/mol. The van der Waals surface area contributed by atoms with Gasteiger partial charge in [0.05, 0.1) is 0 Å². The standard InChI is InChI=1S/C12H23O6P/c1-4-5-6-7-8-9-11(18-19(14,15)16)17-12(13)10(2)3/h11H,2,4-9H2,1,3H3,(H2,14,15,16). The van der Waals surface area contributed by atoms with E-state index >= 15 is 0 Å². The summed E-state index contributed by atoms with van der Waals surface area (Å²) < 4.78 is 20.1. The molecule has 0 saturated heterocycles. The van der Waals surface area contributed by atoms with Crippen molar-refractivity contribution in [2.75, 3.05) is 0 Å². The van der Waals surface area contributed by atoms with Crippen LogP contribution in [0.1, 0.15) is 52.4 Å². The number of unbranched alkanes of at least 4 members (excludes halogenated alkanes) is 4. The van der Waals surface area contributed by atoms with E-state index in [1.165, 1.54) is 6.92 Å². The summed E-state index contributed by atoms with van der Waals surface area (Å²) in [4.78, 5) is 28.8. The lowest BCUT2D eigenvalue weighted by Crippen LogP contribution is -2.21. The van der Waals surface area contributed by atoms with Crippen LogP contribution in [0, 0.1) is 0 Å². The molecule has 0 rings (SSSR count). The van der Waals surface area contributed by atoms with Gasteiger partial charge < -0.3 is 14.5 Å². The zero-order chi connectivity index (χ0) is 14.9. The maximum Gasteiger partial charge on any atom is 0.472 e. The first-order valence-electron chi connectivity index (χ1n) is 6.36. The molecule has 0 aromatic heterocycles. The molecule has 112 valence electrons. The molecule has 1 atom stereocenters. The molecule has 2 N–H and O–H groups in total. The van der Waals surface area contributed by atoms with Crippen molar-refractivity contribution in [2.45, 2.75) is 58.7 Å². The molecule has 7 heteroatoms. The number of carbonyl (C=O) groups is 1. The highest BCUT2D eigenvalue weighted by Crippen LogP contribution is 2.39. The lowest BCUT2D eigenvalue weighted by molar-refractivity contribution is -0.161. The zero-order valence-electron chi connectivity index (χ0n) is 11.5. The van der Waals surface area contributed by atoms with Crippen molar-refractivity contribution in [1.82, 2.24) is 0 Å². The van der Waals surface area contributed by atoms with Crippen LogP contribution < -0.4 is 0 Å². The van der Waals surface area contributed by atoms with E-state index in [4.69, 9.17) is 14.5 Å². The maximum absolute atomic E-state index is 11.3. The lowest BCUT2D eigenvalue weighted by atomic mass is 10.1. The Bertz CT molecular complexity index is 335. The molecule has 0 aliphatic carbocycles. The molecule has 19 heavy (non-hydrogen) atoms. The van der Waals surface area contributed by atoms with Gasteiger partial charge in [0.25, 0.3) is 0 Å². The van der Waals surface area contributed by atoms with E-state index in [0.29, 0.717) is 6.42 Å². The van der Waals surface area contributed by atoms with E-state index in [1.807, 2.05) is 0 Å². The van der Waals surface area contributed by atoms with Crippen molar-refractivity contribution < 1.29 is 28.4 Å². The van der Waals surface area contributed by atoms with Gasteiger partial charge in [-0.15, -0.1) is 0 Å². The summed E-state index contributed by atoms with van der Waals surface area (Å²) in [7, 11) is -4.68. The van der Waals surface area contributed by atoms with E-state index in [9.17, 15) is 9.36 Å². The van der Waals surface area contributed by atoms with Crippen molar-refractivity contribution in [2.24, 2.45) is 0 Å². The number of hydrogen-bond acceptors (Lipinski definition) is 4. The van der Waals surface area contributed by atoms with E-state index in [1.54, 1.807) is 0 Å². The van der Waals surface area contributed by atoms with Gasteiger partial charge in [0, 0.05) is 12.0 Å². The minimum absolute atomic E-state index is 0.158. The van der Waals surface area contributed by atoms with Gasteiger partial charge in [-0.2, -0.15) is 0 Å². The van der Waals surface area contributed by atoms with Gasteiger partial charge in [-0.1, -0.05) is 39.2 Å². The van der Waals surface area contributed by atoms with Crippen molar-refractivity contribution in [3.05, 3.63) is 12.2 Å². The first-order valence-corrected chi connectivity index (χ1v) is 7.89. The maximum atomic E-state index is 11.3. The van der Waals surface area contributed by atoms with Crippen LogP contribution in [0.25, 0.3) is 0 Å². The summed E-state index contributed by atoms with van der Waals surface area (Å²) in [6.07, 6.45) is 3.85. The Morgan fingerprint density at radius 2 is 1.84 bits per heavy atom. The van der Waals surface area contributed by atoms with Crippen molar-refractivity contribution >= 4 is 13.8 Å². The molecule has 0 heterocycles. The Hall–Kier alpha value is -0.680. The molecular formula is C12H23O6P. The molecule has 0 aromatic carbocycles. The molecule has 6 nitrogen and oxygen atoms in total. The molecule has 0 radical (unpaired) electrons. The topological polar surface area (TPSA) is 93.1 Å². The van der Waals surface area contributed by atoms with E-state index < -0.39 is 20.1 Å². The third-order valence-electron chi connectivity index (χ3n) is 2.39. The highest BCUT2D eigenvalue weighted by atomic mass is 31.2. The van der Waals surface area contributed by atoms with Crippen LogP contribution in [-0.4, -0.2) is 22.0 Å². The van der Waals surface area contributed by atoms with Crippen molar-refractivity contribution in [3.63, 3.8) is 0 Å². The summed E-state index contributed by atoms with van der Waals surface area (Å²) in [6, 6.07) is 0. The summed E-state index contributed by atoms with van der Waals surface area (Å²) >= 11 is 0. The average molecular weight is 294 g/mol. The molecule has 0 aromatic rings. The van der Waals surface area contributed by atoms with Gasteiger partial charge in [-0.25, -0.2) is 13.9 Å². The molecule has 0 bridgehead atoms. The normalized spacial score (nSPS) is 13.1. The second-order valence-electron chi connectivity index (χ2n) is 4.41. The van der Waals surface area contributed by atoms with Gasteiger partial charge in [0.1, 0.15) is 0 Å². The first-order chi connectivity index (χ1) is 8.76. The van der Waals surface area contributed by atoms with Crippen LogP contribution in [0.15, 0.2) is 12.2 Å². The predicted molar refractivity (Wildman–Crippen MR) is 71.2 cm³/mol. The number of rotatable bonds is 10. The van der Waals surface area contributed by atoms with Crippen molar-refractivity contribution in [3.8, 4) is 0 Å². The van der Waals surface area contributed by atoms with E-state index in [2.05, 4.69) is 18.0 Å². The second kappa shape index (κ2) is 9.26. The molecule has 0 aliphatic heterocycles. The quantitative estimate of drug-likeness (QED) is 0.211. The van der Waals surface area contributed by atoms with Gasteiger partial charge in [-0.05, 0) is 13.3 Å². The molecule has 0 amide bonds. The Kier molecular flexibility index (Phi) is 8.93. The first kappa shape index (κ1) is 18.3. The third kappa shape index (κ3) is 10.9. The van der Waals surface area contributed by atoms with Gasteiger partial charge >= 0.3 is 13.8 Å². The van der Waals surface area contributed by atoms with E-state index in [-0.39, 0.29) is 12.0 Å². The Morgan fingerprint density at radius 1 is 1.26 bits per heavy atom. The van der Waals surface area contributed by atoms with Crippen LogP contribution in [0.5, 0.6) is 0 Å². The number of ether oxygens (including phenoxy) is 1. The third-order valence-corrected chi connectivity index (χ3v) is 2.89. The summed E-state index contributed by atoms with van der Waals surface area (Å²) in [6.45, 7) is 6.95. The molecule has 0 aliphatic rings. The lowest BCUT2D eigenvalue weighted by Gasteiger charge is -2.18. The van der Waals surface area contributed by atoms with Gasteiger partial charge in [0.2, 0.25) is 6.29 Å². The van der Waals surface area contributed by atoms with E-state index in [0.717, 1.165) is 25.7 Å². The number of hydrogen-bond donors (Lipinski definition) is 2. The Morgan fingerprint density at radius 3 is 2.32 bits per heavy atom. The number of phosphoric acid groups is 1. The number of carbonyl (C=O) groups excluding carboxylic acids is 1. The molecular weight excluding hydrogens is 271 g/mol. The minimum Gasteiger partial charge on any atom is -0.432 e. The van der Waals surface area contributed by atoms with Crippen molar-refractivity contribution in [1.29, 1.82) is 0 Å². The Balaban J connectivity index is 4.22. The minimum atomic E-state index is -4.68. The summed E-state index contributed by atoms with van der Waals surface area (Å²) in [5.41, 5.74) is 0.158. The number of phosphoric ester groups is 1. The molecule has 1 unspecified atom stereocenters. The van der Waals surface area contributed by atoms with Gasteiger partial charge in [0.15, 0.2) is 0 Å². The average Bonchev–Trinajstić information content (AvgIpc) is 2.26. The number of esters is 1. The van der Waals surface area contributed by atoms with Crippen LogP contribution in [0.4, 0.5) is 0 Å². The zero-order valence-corrected chi connectivity index (χ0v) is 12.4. The predicted octanol–water partition coefficient (Wildman–Crippen LogP) is 2.90. The van der Waals surface area contributed by atoms with Gasteiger partial charge in [-0.3, -0.25) is 0 Å².